The van der Waals surface area contributed by atoms with Crippen LogP contribution in [0, 0.1) is 5.41 Å². The van der Waals surface area contributed by atoms with E-state index in [0.717, 1.165) is 60.7 Å². The molecule has 0 bridgehead atoms. The topological polar surface area (TPSA) is 154 Å². The zero-order valence-corrected chi connectivity index (χ0v) is 30.5. The van der Waals surface area contributed by atoms with Crippen LogP contribution >= 0.6 is 23.2 Å². The predicted molar refractivity (Wildman–Crippen MR) is 199 cm³/mol. The molecule has 55 heavy (non-hydrogen) atoms. The number of aromatic nitrogens is 2. The van der Waals surface area contributed by atoms with Gasteiger partial charge < -0.3 is 30.7 Å². The molecule has 6 rings (SSSR count). The molecule has 4 aromatic carbocycles. The van der Waals surface area contributed by atoms with Gasteiger partial charge in [-0.25, -0.2) is 19.6 Å². The minimum atomic E-state index is -5.08. The molecule has 2 heterocycles. The first-order valence-electron chi connectivity index (χ1n) is 16.0. The lowest BCUT2D eigenvalue weighted by Crippen LogP contribution is -2.21. The average molecular weight is 814 g/mol. The Bertz CT molecular complexity index is 2350. The van der Waals surface area contributed by atoms with Crippen molar-refractivity contribution in [2.45, 2.75) is 33.1 Å². The molecule has 0 saturated heterocycles. The molecule has 10 nitrogen and oxygen atoms in total. The smallest absolute Gasteiger partial charge is 0.490 e. The summed E-state index contributed by atoms with van der Waals surface area (Å²) in [5, 5.41) is 36.7. The number of hydrogen-bond donors (Lipinski definition) is 5. The van der Waals surface area contributed by atoms with E-state index in [9.17, 15) is 31.4 Å². The Labute approximate surface area is 318 Å². The number of aromatic hydroxyl groups is 1. The fraction of sp³-hybridized carbons (Fsp3) is 0.243. The molecule has 0 atom stereocenters. The van der Waals surface area contributed by atoms with Crippen LogP contribution in [0.1, 0.15) is 20.8 Å². The van der Waals surface area contributed by atoms with E-state index < -0.39 is 24.3 Å². The molecule has 6 aromatic rings. The van der Waals surface area contributed by atoms with Gasteiger partial charge in [0.15, 0.2) is 0 Å². The van der Waals surface area contributed by atoms with Gasteiger partial charge >= 0.3 is 24.3 Å². The van der Waals surface area contributed by atoms with Gasteiger partial charge in [-0.2, -0.15) is 26.3 Å². The number of nitrogens with zero attached hydrogens (tertiary/aromatic N) is 2. The molecule has 0 saturated carbocycles. The molecule has 2 aromatic heterocycles. The third kappa shape index (κ3) is 11.5. The van der Waals surface area contributed by atoms with E-state index in [2.05, 4.69) is 31.4 Å². The number of pyridine rings is 2. The Hall–Kier alpha value is -5.48. The second-order valence-corrected chi connectivity index (χ2v) is 13.9. The quantitative estimate of drug-likeness (QED) is 0.0598. The minimum Gasteiger partial charge on any atom is -0.508 e. The number of nitrogens with one attached hydrogen (secondary N) is 2. The number of carbonyl (C=O) groups is 2. The van der Waals surface area contributed by atoms with E-state index in [1.807, 2.05) is 60.7 Å². The van der Waals surface area contributed by atoms with Crippen molar-refractivity contribution in [3.8, 4) is 11.5 Å². The van der Waals surface area contributed by atoms with Gasteiger partial charge in [0.1, 0.15) is 11.5 Å². The van der Waals surface area contributed by atoms with Crippen LogP contribution in [0.3, 0.4) is 0 Å². The largest absolute Gasteiger partial charge is 0.508 e. The van der Waals surface area contributed by atoms with Crippen molar-refractivity contribution in [2.24, 2.45) is 5.41 Å². The maximum Gasteiger partial charge on any atom is 0.490 e. The van der Waals surface area contributed by atoms with Gasteiger partial charge in [-0.15, -0.1) is 0 Å². The van der Waals surface area contributed by atoms with E-state index in [1.54, 1.807) is 12.1 Å². The first-order chi connectivity index (χ1) is 25.5. The fourth-order valence-electron chi connectivity index (χ4n) is 4.95. The zero-order valence-electron chi connectivity index (χ0n) is 29.0. The van der Waals surface area contributed by atoms with Crippen molar-refractivity contribution in [1.82, 2.24) is 9.97 Å². The summed E-state index contributed by atoms with van der Waals surface area (Å²) in [6, 6.07) is 22.6. The van der Waals surface area contributed by atoms with Crippen LogP contribution in [0.5, 0.6) is 11.5 Å². The van der Waals surface area contributed by atoms with Crippen LogP contribution in [0.25, 0.3) is 43.6 Å². The third-order valence-corrected chi connectivity index (χ3v) is 7.78. The number of carboxylic acids is 2. The second kappa shape index (κ2) is 16.9. The van der Waals surface area contributed by atoms with Crippen molar-refractivity contribution < 1.29 is 56.0 Å². The van der Waals surface area contributed by atoms with Crippen molar-refractivity contribution in [3.05, 3.63) is 82.8 Å². The van der Waals surface area contributed by atoms with Gasteiger partial charge in [-0.05, 0) is 78.2 Å². The van der Waals surface area contributed by atoms with Gasteiger partial charge in [0.25, 0.3) is 0 Å². The van der Waals surface area contributed by atoms with Gasteiger partial charge in [0, 0.05) is 44.7 Å². The summed E-state index contributed by atoms with van der Waals surface area (Å²) in [4.78, 5) is 27.4. The number of halogens is 8. The summed E-state index contributed by atoms with van der Waals surface area (Å²) in [7, 11) is 0. The van der Waals surface area contributed by atoms with E-state index in [4.69, 9.17) is 57.7 Å². The summed E-state index contributed by atoms with van der Waals surface area (Å²) >= 11 is 12.6. The molecule has 18 heteroatoms. The predicted octanol–water partition coefficient (Wildman–Crippen LogP) is 10.3. The maximum atomic E-state index is 10.6. The van der Waals surface area contributed by atoms with E-state index in [1.165, 1.54) is 0 Å². The van der Waals surface area contributed by atoms with Gasteiger partial charge in [0.2, 0.25) is 0 Å². The van der Waals surface area contributed by atoms with Crippen LogP contribution in [0.15, 0.2) is 72.8 Å². The Morgan fingerprint density at radius 2 is 1.05 bits per heavy atom. The first kappa shape index (κ1) is 42.3. The second-order valence-electron chi connectivity index (χ2n) is 13.0. The number of fused-ring (bicyclic) bond motifs is 4. The van der Waals surface area contributed by atoms with Gasteiger partial charge in [-0.3, -0.25) is 0 Å². The molecule has 292 valence electrons. The number of rotatable bonds is 7. The Balaban J connectivity index is 0.000000410. The van der Waals surface area contributed by atoms with E-state index in [-0.39, 0.29) is 11.2 Å². The highest BCUT2D eigenvalue weighted by atomic mass is 35.5. The average Bonchev–Trinajstić information content (AvgIpc) is 3.07. The van der Waals surface area contributed by atoms with E-state index >= 15 is 0 Å². The number of benzene rings is 4. The highest BCUT2D eigenvalue weighted by Gasteiger charge is 2.38. The summed E-state index contributed by atoms with van der Waals surface area (Å²) in [5.74, 6) is -4.52. The molecule has 0 aliphatic carbocycles. The lowest BCUT2D eigenvalue weighted by molar-refractivity contribution is -0.193. The fourth-order valence-corrected chi connectivity index (χ4v) is 5.28. The lowest BCUT2D eigenvalue weighted by Gasteiger charge is -2.20. The molecule has 0 fully saturated rings. The molecule has 0 aliphatic heterocycles. The van der Waals surface area contributed by atoms with Crippen molar-refractivity contribution in [2.75, 3.05) is 30.3 Å². The van der Waals surface area contributed by atoms with Crippen LogP contribution in [0.4, 0.5) is 37.7 Å². The van der Waals surface area contributed by atoms with Gasteiger partial charge in [-0.1, -0.05) is 44.0 Å². The van der Waals surface area contributed by atoms with Crippen LogP contribution in [-0.4, -0.2) is 69.3 Å². The number of aliphatic carboxylic acids is 2. The zero-order chi connectivity index (χ0) is 40.9. The number of phenolic OH excluding ortho intramolecular Hbond substituents is 1. The lowest BCUT2D eigenvalue weighted by atomic mass is 9.99. The third-order valence-electron chi connectivity index (χ3n) is 7.31. The molecular formula is C37H32Cl2F6N4O6. The van der Waals surface area contributed by atoms with Crippen LogP contribution < -0.4 is 15.4 Å². The normalized spacial score (nSPS) is 11.8. The molecule has 0 radical (unpaired) electrons. The standard InChI is InChI=1S/C33H30Cl2N4O2.2C2HF3O2/c1-33(2,3)18-41-22-7-11-28-26(17-22)32(24-9-5-20(35)15-30(24)39-28)37-13-12-36-31-23-8-4-19(34)14-29(23)38-27-10-6-21(40)16-25(27)31;2*3-2(4,5)1(6)7/h4-11,14-17,40H,12-13,18H2,1-3H3,(H,36,38)(H,37,39);2*(H,6,7). The minimum absolute atomic E-state index is 0.0452. The summed E-state index contributed by atoms with van der Waals surface area (Å²) in [6.07, 6.45) is -10.2. The Morgan fingerprint density at radius 1 is 0.636 bits per heavy atom. The molecule has 5 N–H and O–H groups in total. The van der Waals surface area contributed by atoms with Crippen molar-refractivity contribution >= 4 is 90.1 Å². The molecule has 0 aliphatic rings. The molecular weight excluding hydrogens is 781 g/mol. The van der Waals surface area contributed by atoms with E-state index in [0.29, 0.717) is 29.7 Å². The number of anilines is 2. The van der Waals surface area contributed by atoms with Gasteiger partial charge in [0.05, 0.1) is 40.0 Å². The summed E-state index contributed by atoms with van der Waals surface area (Å²) in [6.45, 7) is 8.28. The molecule has 0 spiro atoms. The highest BCUT2D eigenvalue weighted by molar-refractivity contribution is 6.32. The molecule has 0 amide bonds. The van der Waals surface area contributed by atoms with Crippen molar-refractivity contribution in [1.29, 1.82) is 0 Å². The SMILES string of the molecule is CC(C)(C)COc1ccc2nc3cc(Cl)ccc3c(NCCNc3c4ccc(Cl)cc4nc4ccc(O)cc34)c2c1.O=C(O)C(F)(F)F.O=C(O)C(F)(F)F. The maximum absolute atomic E-state index is 10.6. The number of phenols is 1. The van der Waals surface area contributed by atoms with Crippen LogP contribution in [-0.2, 0) is 9.59 Å². The summed E-state index contributed by atoms with van der Waals surface area (Å²) < 4.78 is 69.6. The van der Waals surface area contributed by atoms with Crippen LogP contribution in [0.2, 0.25) is 10.0 Å². The molecule has 0 unspecified atom stereocenters. The monoisotopic (exact) mass is 812 g/mol. The Kier molecular flexibility index (Phi) is 13.0. The number of alkyl halides is 6. The highest BCUT2D eigenvalue weighted by Crippen LogP contribution is 2.36. The number of ether oxygens (including phenoxy) is 1. The first-order valence-corrected chi connectivity index (χ1v) is 16.7. The summed E-state index contributed by atoms with van der Waals surface area (Å²) in [5.41, 5.74) is 5.16. The van der Waals surface area contributed by atoms with Crippen molar-refractivity contribution in [3.63, 3.8) is 0 Å². The number of carboxylic acid groups (broad SMARTS) is 2. The number of hydrogen-bond acceptors (Lipinski definition) is 8. The Morgan fingerprint density at radius 3 is 1.47 bits per heavy atom.